The summed E-state index contributed by atoms with van der Waals surface area (Å²) in [5.74, 6) is -1.29. The van der Waals surface area contributed by atoms with Crippen molar-refractivity contribution in [3.8, 4) is 11.1 Å². The molecule has 0 heterocycles. The van der Waals surface area contributed by atoms with Gasteiger partial charge in [-0.3, -0.25) is 4.79 Å². The Kier molecular flexibility index (Phi) is 8.98. The number of carbonyl (C=O) groups excluding carboxylic acids is 1. The molecule has 39 heavy (non-hydrogen) atoms. The third-order valence-electron chi connectivity index (χ3n) is 5.86. The van der Waals surface area contributed by atoms with Gasteiger partial charge in [-0.1, -0.05) is 78.3 Å². The number of hydrogen-bond acceptors (Lipinski definition) is 4. The summed E-state index contributed by atoms with van der Waals surface area (Å²) in [7, 11) is -4.06. The molecule has 200 valence electrons. The highest BCUT2D eigenvalue weighted by atomic mass is 35.5. The normalized spacial score (nSPS) is 11.9. The quantitative estimate of drug-likeness (QED) is 0.208. The molecule has 0 fully saturated rings. The first-order chi connectivity index (χ1) is 18.7. The predicted molar refractivity (Wildman–Crippen MR) is 151 cm³/mol. The number of hydrogen-bond donors (Lipinski definition) is 4. The lowest BCUT2D eigenvalue weighted by Gasteiger charge is -2.15. The van der Waals surface area contributed by atoms with Crippen LogP contribution in [0.1, 0.15) is 11.1 Å². The highest BCUT2D eigenvalue weighted by Gasteiger charge is 2.25. The number of carboxylic acid groups (broad SMARTS) is 1. The Morgan fingerprint density at radius 1 is 0.795 bits per heavy atom. The molecule has 4 aromatic carbocycles. The van der Waals surface area contributed by atoms with Gasteiger partial charge in [0, 0.05) is 17.3 Å². The summed E-state index contributed by atoms with van der Waals surface area (Å²) >= 11 is 5.82. The number of carbonyl (C=O) groups is 2. The van der Waals surface area contributed by atoms with Crippen LogP contribution in [-0.4, -0.2) is 31.6 Å². The van der Waals surface area contributed by atoms with Crippen LogP contribution in [0.25, 0.3) is 11.1 Å². The molecule has 0 aliphatic carbocycles. The first-order valence-corrected chi connectivity index (χ1v) is 13.8. The second kappa shape index (κ2) is 12.6. The van der Waals surface area contributed by atoms with Crippen molar-refractivity contribution in [2.24, 2.45) is 0 Å². The van der Waals surface area contributed by atoms with E-state index in [0.29, 0.717) is 22.8 Å². The van der Waals surface area contributed by atoms with E-state index < -0.39 is 22.0 Å². The molecule has 1 atom stereocenters. The van der Waals surface area contributed by atoms with Crippen LogP contribution < -0.4 is 15.4 Å². The van der Waals surface area contributed by atoms with Crippen molar-refractivity contribution in [3.05, 3.63) is 119 Å². The summed E-state index contributed by atoms with van der Waals surface area (Å²) in [6.45, 7) is 0.404. The van der Waals surface area contributed by atoms with Crippen molar-refractivity contribution in [3.63, 3.8) is 0 Å². The van der Waals surface area contributed by atoms with E-state index in [0.717, 1.165) is 16.7 Å². The van der Waals surface area contributed by atoms with Crippen molar-refractivity contribution in [2.75, 3.05) is 5.32 Å². The summed E-state index contributed by atoms with van der Waals surface area (Å²) < 4.78 is 27.6. The Balaban J connectivity index is 1.39. The van der Waals surface area contributed by atoms with Crippen molar-refractivity contribution in [1.29, 1.82) is 0 Å². The number of aliphatic carboxylic acids is 1. The average molecular weight is 564 g/mol. The summed E-state index contributed by atoms with van der Waals surface area (Å²) in [6, 6.07) is 27.8. The molecule has 4 N–H and O–H groups in total. The van der Waals surface area contributed by atoms with Gasteiger partial charge < -0.3 is 15.7 Å². The molecule has 10 heteroatoms. The molecule has 8 nitrogen and oxygen atoms in total. The van der Waals surface area contributed by atoms with Crippen LogP contribution in [0.5, 0.6) is 0 Å². The van der Waals surface area contributed by atoms with Crippen LogP contribution in [0.3, 0.4) is 0 Å². The lowest BCUT2D eigenvalue weighted by Crippen LogP contribution is -2.42. The number of urea groups is 1. The maximum Gasteiger partial charge on any atom is 0.322 e. The van der Waals surface area contributed by atoms with Gasteiger partial charge in [-0.25, -0.2) is 13.2 Å². The van der Waals surface area contributed by atoms with Crippen LogP contribution in [0, 0.1) is 0 Å². The van der Waals surface area contributed by atoms with E-state index >= 15 is 0 Å². The third kappa shape index (κ3) is 7.90. The number of benzene rings is 4. The molecule has 0 saturated carbocycles. The molecule has 0 spiro atoms. The molecule has 0 radical (unpaired) electrons. The third-order valence-corrected chi connectivity index (χ3v) is 7.60. The summed E-state index contributed by atoms with van der Waals surface area (Å²) in [4.78, 5) is 24.1. The van der Waals surface area contributed by atoms with Crippen LogP contribution in [0.2, 0.25) is 5.02 Å². The first kappa shape index (κ1) is 27.8. The second-order valence-electron chi connectivity index (χ2n) is 8.74. The van der Waals surface area contributed by atoms with Crippen molar-refractivity contribution >= 4 is 39.3 Å². The number of sulfonamides is 1. The molecule has 2 amide bonds. The number of amides is 2. The Hall–Kier alpha value is -4.18. The molecule has 0 saturated heterocycles. The zero-order valence-electron chi connectivity index (χ0n) is 20.7. The van der Waals surface area contributed by atoms with Gasteiger partial charge in [-0.15, -0.1) is 0 Å². The summed E-state index contributed by atoms with van der Waals surface area (Å²) in [5, 5.41) is 15.7. The molecule has 0 aromatic heterocycles. The molecule has 4 rings (SSSR count). The van der Waals surface area contributed by atoms with E-state index in [-0.39, 0.29) is 17.3 Å². The van der Waals surface area contributed by atoms with Gasteiger partial charge in [0.1, 0.15) is 6.04 Å². The van der Waals surface area contributed by atoms with Gasteiger partial charge in [0.05, 0.1) is 4.90 Å². The minimum absolute atomic E-state index is 0.0500. The van der Waals surface area contributed by atoms with E-state index in [1.165, 1.54) is 24.3 Å². The van der Waals surface area contributed by atoms with Gasteiger partial charge in [-0.2, -0.15) is 4.72 Å². The predicted octanol–water partition coefficient (Wildman–Crippen LogP) is 5.30. The van der Waals surface area contributed by atoms with Crippen LogP contribution in [-0.2, 0) is 27.8 Å². The second-order valence-corrected chi connectivity index (χ2v) is 10.9. The number of nitrogens with one attached hydrogen (secondary N) is 3. The number of anilines is 1. The van der Waals surface area contributed by atoms with Gasteiger partial charge >= 0.3 is 12.0 Å². The Morgan fingerprint density at radius 3 is 2.15 bits per heavy atom. The minimum Gasteiger partial charge on any atom is -0.480 e. The van der Waals surface area contributed by atoms with Crippen LogP contribution >= 0.6 is 11.6 Å². The zero-order valence-corrected chi connectivity index (χ0v) is 22.2. The van der Waals surface area contributed by atoms with Gasteiger partial charge in [0.15, 0.2) is 0 Å². The molecule has 0 aliphatic rings. The van der Waals surface area contributed by atoms with E-state index in [4.69, 9.17) is 11.6 Å². The van der Waals surface area contributed by atoms with Crippen LogP contribution in [0.4, 0.5) is 10.5 Å². The minimum atomic E-state index is -4.06. The monoisotopic (exact) mass is 563 g/mol. The maximum atomic E-state index is 12.7. The lowest BCUT2D eigenvalue weighted by molar-refractivity contribution is -0.138. The topological polar surface area (TPSA) is 125 Å². The average Bonchev–Trinajstić information content (AvgIpc) is 2.93. The fourth-order valence-corrected chi connectivity index (χ4v) is 5.16. The highest BCUT2D eigenvalue weighted by molar-refractivity contribution is 7.89. The summed E-state index contributed by atoms with van der Waals surface area (Å²) in [5.41, 5.74) is 3.94. The SMILES string of the molecule is O=C(NCc1ccccc1)Nc1cccc(-c2ccc(CC(NS(=O)(=O)c3ccc(Cl)cc3)C(=O)O)cc2)c1. The van der Waals surface area contributed by atoms with Gasteiger partial charge in [0.2, 0.25) is 10.0 Å². The molecule has 1 unspecified atom stereocenters. The largest absolute Gasteiger partial charge is 0.480 e. The Bertz CT molecular complexity index is 1540. The van der Waals surface area contributed by atoms with E-state index in [9.17, 15) is 23.1 Å². The molecular formula is C29H26ClN3O5S. The molecule has 0 aliphatic heterocycles. The van der Waals surface area contributed by atoms with Gasteiger partial charge in [-0.05, 0) is 65.1 Å². The van der Waals surface area contributed by atoms with E-state index in [1.54, 1.807) is 18.2 Å². The number of halogens is 1. The Labute approximate surface area is 231 Å². The highest BCUT2D eigenvalue weighted by Crippen LogP contribution is 2.24. The van der Waals surface area contributed by atoms with Crippen LogP contribution in [0.15, 0.2) is 108 Å². The van der Waals surface area contributed by atoms with E-state index in [1.807, 2.05) is 60.7 Å². The first-order valence-electron chi connectivity index (χ1n) is 12.0. The lowest BCUT2D eigenvalue weighted by atomic mass is 10.0. The fourth-order valence-electron chi connectivity index (χ4n) is 3.85. The molecule has 0 bridgehead atoms. The van der Waals surface area contributed by atoms with E-state index in [2.05, 4.69) is 15.4 Å². The summed E-state index contributed by atoms with van der Waals surface area (Å²) in [6.07, 6.45) is -0.0500. The van der Waals surface area contributed by atoms with Crippen molar-refractivity contribution in [1.82, 2.24) is 10.0 Å². The zero-order chi connectivity index (χ0) is 27.8. The number of carboxylic acids is 1. The standard InChI is InChI=1S/C29H26ClN3O5S/c30-24-13-15-26(16-14-24)39(37,38)33-27(28(34)35)17-20-9-11-22(12-10-20)23-7-4-8-25(18-23)32-29(36)31-19-21-5-2-1-3-6-21/h1-16,18,27,33H,17,19H2,(H,34,35)(H2,31,32,36). The number of rotatable bonds is 10. The maximum absolute atomic E-state index is 12.7. The van der Waals surface area contributed by atoms with Crippen molar-refractivity contribution < 1.29 is 23.1 Å². The fraction of sp³-hybridized carbons (Fsp3) is 0.103. The van der Waals surface area contributed by atoms with Crippen molar-refractivity contribution in [2.45, 2.75) is 23.9 Å². The molecule has 4 aromatic rings. The Morgan fingerprint density at radius 2 is 1.49 bits per heavy atom. The van der Waals surface area contributed by atoms with Gasteiger partial charge in [0.25, 0.3) is 0 Å². The molecular weight excluding hydrogens is 538 g/mol. The smallest absolute Gasteiger partial charge is 0.322 e.